The molecular weight excluding hydrogens is 434 g/mol. The van der Waals surface area contributed by atoms with Crippen LogP contribution in [-0.4, -0.2) is 9.97 Å². The van der Waals surface area contributed by atoms with E-state index < -0.39 is 0 Å². The van der Waals surface area contributed by atoms with Crippen LogP contribution in [0.2, 0.25) is 5.02 Å². The van der Waals surface area contributed by atoms with Crippen molar-refractivity contribution in [2.45, 2.75) is 5.92 Å². The number of thiophene rings is 1. The zero-order valence-electron chi connectivity index (χ0n) is 13.2. The average Bonchev–Trinajstić information content (AvgIpc) is 3.01. The second-order valence-corrected chi connectivity index (χ2v) is 8.32. The highest BCUT2D eigenvalue weighted by Gasteiger charge is 2.35. The number of aromatic nitrogens is 2. The smallest absolute Gasteiger partial charge is 0.228 e. The summed E-state index contributed by atoms with van der Waals surface area (Å²) in [5.74, 6) is 1.66. The van der Waals surface area contributed by atoms with E-state index in [2.05, 4.69) is 32.0 Å². The van der Waals surface area contributed by atoms with Gasteiger partial charge in [0.05, 0.1) is 21.1 Å². The number of rotatable bonds is 1. The molecule has 0 saturated heterocycles. The van der Waals surface area contributed by atoms with Crippen molar-refractivity contribution in [3.63, 3.8) is 0 Å². The molecule has 1 aliphatic rings. The first-order valence-corrected chi connectivity index (χ1v) is 9.87. The summed E-state index contributed by atoms with van der Waals surface area (Å²) >= 11 is 11.4. The lowest BCUT2D eigenvalue weighted by molar-refractivity contribution is 0.441. The van der Waals surface area contributed by atoms with Gasteiger partial charge in [0.1, 0.15) is 12.1 Å². The van der Waals surface area contributed by atoms with Crippen molar-refractivity contribution in [1.82, 2.24) is 9.97 Å². The molecule has 0 aliphatic carbocycles. The van der Waals surface area contributed by atoms with E-state index in [9.17, 15) is 0 Å². The van der Waals surface area contributed by atoms with Crippen LogP contribution < -0.4 is 10.5 Å². The number of nitrogens with zero attached hydrogens (tertiary/aromatic N) is 2. The standard InChI is InChI=1S/C19H11BrClN3OS/c20-12-3-1-2-11-15-17(26-16(11)12)13(9-4-6-10(21)7-5-9)14-18(22)23-8-24-19(14)25-15/h1-8,13H,(H2,22,23,24). The number of hydrogen-bond donors (Lipinski definition) is 1. The fourth-order valence-corrected chi connectivity index (χ4v) is 5.33. The molecule has 1 aliphatic heterocycles. The summed E-state index contributed by atoms with van der Waals surface area (Å²) in [4.78, 5) is 9.61. The Kier molecular flexibility index (Phi) is 3.67. The first kappa shape index (κ1) is 16.1. The van der Waals surface area contributed by atoms with Crippen molar-refractivity contribution in [3.05, 3.63) is 74.3 Å². The molecule has 2 N–H and O–H groups in total. The van der Waals surface area contributed by atoms with Crippen molar-refractivity contribution >= 4 is 54.8 Å². The number of ether oxygens (including phenoxy) is 1. The maximum absolute atomic E-state index is 6.22. The summed E-state index contributed by atoms with van der Waals surface area (Å²) in [6, 6.07) is 13.9. The largest absolute Gasteiger partial charge is 0.437 e. The molecule has 0 radical (unpaired) electrons. The van der Waals surface area contributed by atoms with E-state index in [1.807, 2.05) is 36.4 Å². The lowest BCUT2D eigenvalue weighted by atomic mass is 9.88. The number of fused-ring (bicyclic) bond motifs is 4. The Hall–Kier alpha value is -2.15. The predicted molar refractivity (Wildman–Crippen MR) is 108 cm³/mol. The molecule has 5 rings (SSSR count). The third-order valence-corrected chi connectivity index (χ3v) is 6.94. The maximum atomic E-state index is 6.22. The third kappa shape index (κ3) is 2.33. The minimum absolute atomic E-state index is 0.100. The van der Waals surface area contributed by atoms with Crippen LogP contribution in [0.4, 0.5) is 5.82 Å². The van der Waals surface area contributed by atoms with E-state index in [1.54, 1.807) is 11.3 Å². The molecule has 0 amide bonds. The molecule has 26 heavy (non-hydrogen) atoms. The van der Waals surface area contributed by atoms with Crippen molar-refractivity contribution in [2.24, 2.45) is 0 Å². The van der Waals surface area contributed by atoms with Crippen molar-refractivity contribution in [1.29, 1.82) is 0 Å². The summed E-state index contributed by atoms with van der Waals surface area (Å²) in [5, 5.41) is 1.75. The van der Waals surface area contributed by atoms with Crippen LogP contribution >= 0.6 is 38.9 Å². The van der Waals surface area contributed by atoms with Gasteiger partial charge in [0.15, 0.2) is 5.75 Å². The molecule has 0 saturated carbocycles. The molecule has 2 aromatic carbocycles. The Morgan fingerprint density at radius 2 is 1.92 bits per heavy atom. The Morgan fingerprint density at radius 3 is 2.73 bits per heavy atom. The minimum atomic E-state index is -0.100. The van der Waals surface area contributed by atoms with Crippen molar-refractivity contribution in [3.8, 4) is 11.6 Å². The number of benzene rings is 2. The van der Waals surface area contributed by atoms with Crippen LogP contribution in [0, 0.1) is 0 Å². The summed E-state index contributed by atoms with van der Waals surface area (Å²) in [6.07, 6.45) is 1.43. The molecule has 4 nitrogen and oxygen atoms in total. The van der Waals surface area contributed by atoms with E-state index in [1.165, 1.54) is 6.33 Å². The lowest BCUT2D eigenvalue weighted by Crippen LogP contribution is -2.14. The number of hydrogen-bond acceptors (Lipinski definition) is 5. The summed E-state index contributed by atoms with van der Waals surface area (Å²) < 4.78 is 8.35. The van der Waals surface area contributed by atoms with Gasteiger partial charge in [-0.1, -0.05) is 29.8 Å². The number of nitrogens with two attached hydrogens (primary N) is 1. The molecular formula is C19H11BrClN3OS. The number of halogens is 2. The van der Waals surface area contributed by atoms with Gasteiger partial charge in [0, 0.05) is 14.9 Å². The molecule has 128 valence electrons. The summed E-state index contributed by atoms with van der Waals surface area (Å²) in [5.41, 5.74) is 8.09. The van der Waals surface area contributed by atoms with Crippen LogP contribution in [0.1, 0.15) is 21.9 Å². The first-order valence-electron chi connectivity index (χ1n) is 7.88. The highest BCUT2D eigenvalue weighted by molar-refractivity contribution is 9.10. The third-order valence-electron chi connectivity index (χ3n) is 4.48. The van der Waals surface area contributed by atoms with Crippen LogP contribution in [0.15, 0.2) is 53.3 Å². The van der Waals surface area contributed by atoms with E-state index >= 15 is 0 Å². The Morgan fingerprint density at radius 1 is 1.12 bits per heavy atom. The Labute approximate surface area is 166 Å². The molecule has 1 atom stereocenters. The van der Waals surface area contributed by atoms with Gasteiger partial charge >= 0.3 is 0 Å². The second kappa shape index (κ2) is 5.94. The van der Waals surface area contributed by atoms with Gasteiger partial charge in [-0.05, 0) is 45.8 Å². The van der Waals surface area contributed by atoms with Gasteiger partial charge in [0.25, 0.3) is 0 Å². The zero-order chi connectivity index (χ0) is 17.8. The van der Waals surface area contributed by atoms with E-state index in [0.717, 1.165) is 36.3 Å². The summed E-state index contributed by atoms with van der Waals surface area (Å²) in [6.45, 7) is 0. The normalized spacial score (nSPS) is 15.4. The molecule has 3 heterocycles. The molecule has 0 spiro atoms. The topological polar surface area (TPSA) is 61.0 Å². The predicted octanol–water partition coefficient (Wildman–Crippen LogP) is 5.98. The van der Waals surface area contributed by atoms with E-state index in [-0.39, 0.29) is 5.92 Å². The SMILES string of the molecule is Nc1ncnc2c1C(c1ccc(Cl)cc1)c1sc3c(Br)cccc3c1O2. The van der Waals surface area contributed by atoms with E-state index in [4.69, 9.17) is 22.1 Å². The van der Waals surface area contributed by atoms with Gasteiger partial charge < -0.3 is 10.5 Å². The van der Waals surface area contributed by atoms with E-state index in [0.29, 0.717) is 16.7 Å². The highest BCUT2D eigenvalue weighted by Crippen LogP contribution is 2.55. The van der Waals surface area contributed by atoms with Gasteiger partial charge in [-0.2, -0.15) is 0 Å². The monoisotopic (exact) mass is 443 g/mol. The van der Waals surface area contributed by atoms with Gasteiger partial charge in [0.2, 0.25) is 5.88 Å². The average molecular weight is 445 g/mol. The van der Waals surface area contributed by atoms with Crippen LogP contribution in [0.5, 0.6) is 11.6 Å². The number of nitrogen functional groups attached to an aromatic ring is 1. The number of anilines is 1. The molecule has 4 aromatic rings. The molecule has 7 heteroatoms. The second-order valence-electron chi connectivity index (χ2n) is 5.98. The fraction of sp³-hybridized carbons (Fsp3) is 0.0526. The molecule has 1 unspecified atom stereocenters. The zero-order valence-corrected chi connectivity index (χ0v) is 16.4. The van der Waals surface area contributed by atoms with Crippen LogP contribution in [0.25, 0.3) is 10.1 Å². The molecule has 2 aromatic heterocycles. The minimum Gasteiger partial charge on any atom is -0.437 e. The van der Waals surface area contributed by atoms with Crippen molar-refractivity contribution < 1.29 is 4.74 Å². The van der Waals surface area contributed by atoms with Gasteiger partial charge in [-0.3, -0.25) is 0 Å². The highest BCUT2D eigenvalue weighted by atomic mass is 79.9. The Balaban J connectivity index is 1.85. The molecule has 0 fully saturated rings. The molecule has 0 bridgehead atoms. The lowest BCUT2D eigenvalue weighted by Gasteiger charge is -2.26. The van der Waals surface area contributed by atoms with Crippen LogP contribution in [0.3, 0.4) is 0 Å². The fourth-order valence-electron chi connectivity index (χ4n) is 3.32. The first-order chi connectivity index (χ1) is 12.6. The van der Waals surface area contributed by atoms with Gasteiger partial charge in [-0.25, -0.2) is 9.97 Å². The van der Waals surface area contributed by atoms with Crippen molar-refractivity contribution in [2.75, 3.05) is 5.73 Å². The maximum Gasteiger partial charge on any atom is 0.228 e. The van der Waals surface area contributed by atoms with Gasteiger partial charge in [-0.15, -0.1) is 11.3 Å². The quantitative estimate of drug-likeness (QED) is 0.346. The summed E-state index contributed by atoms with van der Waals surface area (Å²) in [7, 11) is 0. The Bertz CT molecular complexity index is 1160. The van der Waals surface area contributed by atoms with Crippen LogP contribution in [-0.2, 0) is 0 Å².